The number of aliphatic carboxylic acids is 2. The van der Waals surface area contributed by atoms with Crippen LogP contribution in [-0.2, 0) is 16.0 Å². The Hall–Kier alpha value is -3.98. The SMILES string of the molecule is O=C(O)/C=C/C(=O)O.c1ccc(Cc2ccccc2-c2nnc(N3CCN4CCC3CC4)o2)cc1. The molecule has 2 bridgehead atoms. The van der Waals surface area contributed by atoms with Crippen LogP contribution >= 0.6 is 0 Å². The molecule has 9 nitrogen and oxygen atoms in total. The first-order chi connectivity index (χ1) is 17.0. The summed E-state index contributed by atoms with van der Waals surface area (Å²) >= 11 is 0. The van der Waals surface area contributed by atoms with Crippen LogP contribution in [-0.4, -0.2) is 69.5 Å². The van der Waals surface area contributed by atoms with Crippen LogP contribution < -0.4 is 4.90 Å². The van der Waals surface area contributed by atoms with Gasteiger partial charge in [0.25, 0.3) is 0 Å². The molecule has 3 aliphatic rings. The summed E-state index contributed by atoms with van der Waals surface area (Å²) in [5, 5.41) is 24.4. The van der Waals surface area contributed by atoms with Crippen molar-refractivity contribution in [1.82, 2.24) is 15.1 Å². The van der Waals surface area contributed by atoms with E-state index in [9.17, 15) is 9.59 Å². The highest BCUT2D eigenvalue weighted by molar-refractivity contribution is 5.89. The van der Waals surface area contributed by atoms with Crippen molar-refractivity contribution in [3.63, 3.8) is 0 Å². The number of fused-ring (bicyclic) bond motifs is 4. The van der Waals surface area contributed by atoms with Gasteiger partial charge in [0.05, 0.1) is 0 Å². The molecule has 2 aromatic carbocycles. The van der Waals surface area contributed by atoms with Gasteiger partial charge >= 0.3 is 18.0 Å². The van der Waals surface area contributed by atoms with E-state index in [0.29, 0.717) is 30.1 Å². The van der Waals surface area contributed by atoms with Gasteiger partial charge in [-0.3, -0.25) is 0 Å². The molecular formula is C26H28N4O5. The van der Waals surface area contributed by atoms with Gasteiger partial charge in [0.2, 0.25) is 5.89 Å². The molecule has 3 fully saturated rings. The van der Waals surface area contributed by atoms with E-state index in [1.165, 1.54) is 37.1 Å². The molecular weight excluding hydrogens is 448 g/mol. The molecule has 3 aliphatic heterocycles. The van der Waals surface area contributed by atoms with Gasteiger partial charge in [0, 0.05) is 49.9 Å². The van der Waals surface area contributed by atoms with E-state index in [1.54, 1.807) is 0 Å². The third-order valence-corrected chi connectivity index (χ3v) is 6.17. The molecule has 0 amide bonds. The molecule has 0 spiro atoms. The first kappa shape index (κ1) is 24.2. The molecule has 1 aromatic heterocycles. The van der Waals surface area contributed by atoms with Crippen LogP contribution in [0.1, 0.15) is 24.0 Å². The summed E-state index contributed by atoms with van der Waals surface area (Å²) < 4.78 is 6.18. The average molecular weight is 477 g/mol. The first-order valence-electron chi connectivity index (χ1n) is 11.6. The Morgan fingerprint density at radius 3 is 2.23 bits per heavy atom. The molecule has 3 saturated heterocycles. The number of carboxylic acids is 2. The molecule has 4 heterocycles. The first-order valence-corrected chi connectivity index (χ1v) is 11.6. The summed E-state index contributed by atoms with van der Waals surface area (Å²) in [6.07, 6.45) is 4.34. The van der Waals surface area contributed by atoms with E-state index in [2.05, 4.69) is 62.5 Å². The van der Waals surface area contributed by atoms with Gasteiger partial charge in [-0.1, -0.05) is 53.6 Å². The number of benzene rings is 2. The normalized spacial score (nSPS) is 19.1. The van der Waals surface area contributed by atoms with Crippen LogP contribution in [0, 0.1) is 0 Å². The number of hydrogen-bond donors (Lipinski definition) is 2. The second kappa shape index (κ2) is 11.4. The van der Waals surface area contributed by atoms with Crippen LogP contribution in [0.3, 0.4) is 0 Å². The van der Waals surface area contributed by atoms with Crippen LogP contribution in [0.2, 0.25) is 0 Å². The van der Waals surface area contributed by atoms with E-state index in [4.69, 9.17) is 14.6 Å². The second-order valence-electron chi connectivity index (χ2n) is 8.49. The van der Waals surface area contributed by atoms with E-state index in [0.717, 1.165) is 25.1 Å². The lowest BCUT2D eigenvalue weighted by molar-refractivity contribution is -0.134. The lowest BCUT2D eigenvalue weighted by atomic mass is 10.00. The molecule has 0 unspecified atom stereocenters. The van der Waals surface area contributed by atoms with Gasteiger partial charge in [0.1, 0.15) is 0 Å². The summed E-state index contributed by atoms with van der Waals surface area (Å²) in [5.74, 6) is -1.89. The molecule has 3 aromatic rings. The minimum absolute atomic E-state index is 0.525. The molecule has 0 atom stereocenters. The zero-order valence-corrected chi connectivity index (χ0v) is 19.3. The van der Waals surface area contributed by atoms with Crippen molar-refractivity contribution in [1.29, 1.82) is 0 Å². The second-order valence-corrected chi connectivity index (χ2v) is 8.49. The van der Waals surface area contributed by atoms with Crippen LogP contribution in [0.15, 0.2) is 71.2 Å². The minimum Gasteiger partial charge on any atom is -0.478 e. The number of piperidine rings is 1. The highest BCUT2D eigenvalue weighted by Gasteiger charge is 2.32. The predicted molar refractivity (Wildman–Crippen MR) is 130 cm³/mol. The quantitative estimate of drug-likeness (QED) is 0.516. The number of aromatic nitrogens is 2. The lowest BCUT2D eigenvalue weighted by Crippen LogP contribution is -2.38. The molecule has 35 heavy (non-hydrogen) atoms. The van der Waals surface area contributed by atoms with Gasteiger partial charge in [0.15, 0.2) is 0 Å². The van der Waals surface area contributed by atoms with Gasteiger partial charge < -0.3 is 24.4 Å². The van der Waals surface area contributed by atoms with Crippen molar-refractivity contribution >= 4 is 18.0 Å². The number of nitrogens with zero attached hydrogens (tertiary/aromatic N) is 4. The summed E-state index contributed by atoms with van der Waals surface area (Å²) in [6, 6.07) is 20.0. The monoisotopic (exact) mass is 476 g/mol. The van der Waals surface area contributed by atoms with E-state index < -0.39 is 11.9 Å². The fraction of sp³-hybridized carbons (Fsp3) is 0.308. The predicted octanol–water partition coefficient (Wildman–Crippen LogP) is 3.32. The summed E-state index contributed by atoms with van der Waals surface area (Å²) in [6.45, 7) is 4.42. The van der Waals surface area contributed by atoms with Gasteiger partial charge in [-0.2, -0.15) is 0 Å². The number of rotatable bonds is 6. The molecule has 9 heteroatoms. The molecule has 2 N–H and O–H groups in total. The molecule has 0 aliphatic carbocycles. The Bertz CT molecular complexity index is 1150. The van der Waals surface area contributed by atoms with Crippen molar-refractivity contribution < 1.29 is 24.2 Å². The number of carbonyl (C=O) groups is 2. The zero-order chi connectivity index (χ0) is 24.6. The van der Waals surface area contributed by atoms with Crippen molar-refractivity contribution in [3.05, 3.63) is 77.9 Å². The van der Waals surface area contributed by atoms with Crippen molar-refractivity contribution in [2.75, 3.05) is 31.1 Å². The fourth-order valence-electron chi connectivity index (χ4n) is 4.42. The highest BCUT2D eigenvalue weighted by atomic mass is 16.4. The Balaban J connectivity index is 0.000000314. The van der Waals surface area contributed by atoms with Gasteiger partial charge in [-0.25, -0.2) is 9.59 Å². The maximum absolute atomic E-state index is 9.55. The summed E-state index contributed by atoms with van der Waals surface area (Å²) in [5.41, 5.74) is 3.52. The Kier molecular flexibility index (Phi) is 7.89. The maximum Gasteiger partial charge on any atom is 0.328 e. The van der Waals surface area contributed by atoms with Crippen molar-refractivity contribution in [2.24, 2.45) is 0 Å². The Morgan fingerprint density at radius 2 is 1.54 bits per heavy atom. The van der Waals surface area contributed by atoms with E-state index in [1.807, 2.05) is 12.1 Å². The number of anilines is 1. The standard InChI is InChI=1S/C22H24N4O.C4H4O4/c1-2-6-17(7-3-1)16-18-8-4-5-9-20(18)21-23-24-22(27-21)26-15-14-25-12-10-19(26)11-13-25;5-3(6)1-2-4(7)8/h1-9,19H,10-16H2;1-2H,(H,5,6)(H,7,8)/b;2-1+. The molecule has 6 rings (SSSR count). The molecule has 0 saturated carbocycles. The lowest BCUT2D eigenvalue weighted by Gasteiger charge is -2.29. The molecule has 182 valence electrons. The maximum atomic E-state index is 9.55. The number of carboxylic acid groups (broad SMARTS) is 2. The average Bonchev–Trinajstić information content (AvgIpc) is 3.15. The highest BCUT2D eigenvalue weighted by Crippen LogP contribution is 2.30. The van der Waals surface area contributed by atoms with E-state index >= 15 is 0 Å². The third kappa shape index (κ3) is 6.54. The zero-order valence-electron chi connectivity index (χ0n) is 19.3. The summed E-state index contributed by atoms with van der Waals surface area (Å²) in [7, 11) is 0. The van der Waals surface area contributed by atoms with Crippen LogP contribution in [0.25, 0.3) is 11.5 Å². The topological polar surface area (TPSA) is 120 Å². The third-order valence-electron chi connectivity index (χ3n) is 6.17. The fourth-order valence-corrected chi connectivity index (χ4v) is 4.42. The number of hydrogen-bond acceptors (Lipinski definition) is 7. The van der Waals surface area contributed by atoms with Crippen LogP contribution in [0.5, 0.6) is 0 Å². The van der Waals surface area contributed by atoms with E-state index in [-0.39, 0.29) is 0 Å². The Morgan fingerprint density at radius 1 is 0.886 bits per heavy atom. The smallest absolute Gasteiger partial charge is 0.328 e. The van der Waals surface area contributed by atoms with Crippen molar-refractivity contribution in [3.8, 4) is 11.5 Å². The van der Waals surface area contributed by atoms with Gasteiger partial charge in [-0.15, -0.1) is 5.10 Å². The van der Waals surface area contributed by atoms with Gasteiger partial charge in [-0.05, 0) is 36.5 Å². The minimum atomic E-state index is -1.26. The molecule has 0 radical (unpaired) electrons. The van der Waals surface area contributed by atoms with Crippen LogP contribution in [0.4, 0.5) is 6.01 Å². The van der Waals surface area contributed by atoms with Crippen molar-refractivity contribution in [2.45, 2.75) is 25.3 Å². The Labute approximate surface area is 203 Å². The summed E-state index contributed by atoms with van der Waals surface area (Å²) in [4.78, 5) is 24.0. The largest absolute Gasteiger partial charge is 0.478 e.